The zero-order chi connectivity index (χ0) is 14.7. The number of hydrogen-bond acceptors (Lipinski definition) is 2. The molecule has 2 rings (SSSR count). The molecule has 0 bridgehead atoms. The van der Waals surface area contributed by atoms with Crippen LogP contribution in [-0.4, -0.2) is 7.11 Å². The molecule has 0 saturated heterocycles. The monoisotopic (exact) mass is 297 g/mol. The van der Waals surface area contributed by atoms with Crippen molar-refractivity contribution >= 4 is 17.3 Å². The molecule has 2 nitrogen and oxygen atoms in total. The van der Waals surface area contributed by atoms with Crippen LogP contribution in [0.3, 0.4) is 0 Å². The first kappa shape index (κ1) is 14.6. The normalized spacial score (nSPS) is 12.1. The van der Waals surface area contributed by atoms with Gasteiger partial charge in [0.15, 0.2) is 5.82 Å². The number of hydrogen-bond donors (Lipinski definition) is 1. The standard InChI is InChI=1S/C15H14ClF2NO/c1-9(14-11(17)6-4-8-13(14)20-2)19-12-7-3-5-10(16)15(12)18/h3-9,19H,1-2H3. The Morgan fingerprint density at radius 1 is 1.15 bits per heavy atom. The van der Waals surface area contributed by atoms with Gasteiger partial charge in [0, 0.05) is 0 Å². The number of ether oxygens (including phenoxy) is 1. The predicted octanol–water partition coefficient (Wildman–Crippen LogP) is 4.80. The fourth-order valence-electron chi connectivity index (χ4n) is 2.04. The summed E-state index contributed by atoms with van der Waals surface area (Å²) in [7, 11) is 1.46. The molecular formula is C15H14ClF2NO. The molecule has 0 spiro atoms. The van der Waals surface area contributed by atoms with E-state index in [1.54, 1.807) is 31.2 Å². The second-order valence-corrected chi connectivity index (χ2v) is 4.73. The van der Waals surface area contributed by atoms with E-state index < -0.39 is 17.7 Å². The zero-order valence-corrected chi connectivity index (χ0v) is 11.8. The van der Waals surface area contributed by atoms with Crippen molar-refractivity contribution in [2.24, 2.45) is 0 Å². The van der Waals surface area contributed by atoms with Gasteiger partial charge in [0.05, 0.1) is 29.4 Å². The molecule has 0 heterocycles. The van der Waals surface area contributed by atoms with Gasteiger partial charge in [-0.2, -0.15) is 0 Å². The van der Waals surface area contributed by atoms with Crippen molar-refractivity contribution in [2.45, 2.75) is 13.0 Å². The van der Waals surface area contributed by atoms with Crippen LogP contribution in [0.1, 0.15) is 18.5 Å². The van der Waals surface area contributed by atoms with Gasteiger partial charge in [-0.05, 0) is 31.2 Å². The molecule has 1 atom stereocenters. The lowest BCUT2D eigenvalue weighted by molar-refractivity contribution is 0.402. The fraction of sp³-hybridized carbons (Fsp3) is 0.200. The first-order valence-electron chi connectivity index (χ1n) is 6.07. The summed E-state index contributed by atoms with van der Waals surface area (Å²) in [5.74, 6) is -0.560. The molecule has 0 aliphatic heterocycles. The van der Waals surface area contributed by atoms with E-state index in [0.717, 1.165) is 0 Å². The molecule has 2 aromatic rings. The van der Waals surface area contributed by atoms with Crippen molar-refractivity contribution in [2.75, 3.05) is 12.4 Å². The van der Waals surface area contributed by atoms with Crippen LogP contribution in [0, 0.1) is 11.6 Å². The van der Waals surface area contributed by atoms with Gasteiger partial charge in [0.25, 0.3) is 0 Å². The number of halogens is 3. The van der Waals surface area contributed by atoms with E-state index in [9.17, 15) is 8.78 Å². The van der Waals surface area contributed by atoms with Gasteiger partial charge in [-0.3, -0.25) is 0 Å². The van der Waals surface area contributed by atoms with Crippen LogP contribution >= 0.6 is 11.6 Å². The Bertz CT molecular complexity index is 619. The smallest absolute Gasteiger partial charge is 0.164 e. The average Bonchev–Trinajstić information content (AvgIpc) is 2.43. The van der Waals surface area contributed by atoms with Gasteiger partial charge < -0.3 is 10.1 Å². The predicted molar refractivity (Wildman–Crippen MR) is 76.4 cm³/mol. The van der Waals surface area contributed by atoms with Crippen LogP contribution in [0.2, 0.25) is 5.02 Å². The van der Waals surface area contributed by atoms with Crippen molar-refractivity contribution in [3.8, 4) is 5.75 Å². The van der Waals surface area contributed by atoms with Crippen LogP contribution in [0.4, 0.5) is 14.5 Å². The quantitative estimate of drug-likeness (QED) is 0.875. The highest BCUT2D eigenvalue weighted by molar-refractivity contribution is 6.31. The lowest BCUT2D eigenvalue weighted by Crippen LogP contribution is -2.11. The van der Waals surface area contributed by atoms with Crippen molar-refractivity contribution in [1.82, 2.24) is 0 Å². The van der Waals surface area contributed by atoms with Crippen LogP contribution in [0.25, 0.3) is 0 Å². The molecule has 1 unspecified atom stereocenters. The Morgan fingerprint density at radius 2 is 1.85 bits per heavy atom. The highest BCUT2D eigenvalue weighted by atomic mass is 35.5. The van der Waals surface area contributed by atoms with Gasteiger partial charge in [-0.1, -0.05) is 23.7 Å². The molecule has 0 saturated carbocycles. The first-order chi connectivity index (χ1) is 9.54. The summed E-state index contributed by atoms with van der Waals surface area (Å²) in [6.45, 7) is 1.72. The summed E-state index contributed by atoms with van der Waals surface area (Å²) >= 11 is 5.72. The molecule has 5 heteroatoms. The van der Waals surface area contributed by atoms with Crippen molar-refractivity contribution < 1.29 is 13.5 Å². The van der Waals surface area contributed by atoms with Crippen molar-refractivity contribution in [3.63, 3.8) is 0 Å². The van der Waals surface area contributed by atoms with Crippen LogP contribution in [-0.2, 0) is 0 Å². The molecule has 106 valence electrons. The van der Waals surface area contributed by atoms with Crippen LogP contribution < -0.4 is 10.1 Å². The summed E-state index contributed by atoms with van der Waals surface area (Å²) in [6, 6.07) is 8.71. The molecule has 0 fully saturated rings. The Morgan fingerprint density at radius 3 is 2.55 bits per heavy atom. The minimum Gasteiger partial charge on any atom is -0.496 e. The number of nitrogens with one attached hydrogen (secondary N) is 1. The third kappa shape index (κ3) is 2.85. The van der Waals surface area contributed by atoms with Crippen molar-refractivity contribution in [1.29, 1.82) is 0 Å². The summed E-state index contributed by atoms with van der Waals surface area (Å²) < 4.78 is 32.9. The lowest BCUT2D eigenvalue weighted by Gasteiger charge is -2.19. The van der Waals surface area contributed by atoms with Gasteiger partial charge in [0.2, 0.25) is 0 Å². The average molecular weight is 298 g/mol. The van der Waals surface area contributed by atoms with E-state index >= 15 is 0 Å². The van der Waals surface area contributed by atoms with Crippen LogP contribution in [0.15, 0.2) is 36.4 Å². The molecule has 2 aromatic carbocycles. The van der Waals surface area contributed by atoms with E-state index in [2.05, 4.69) is 5.32 Å². The first-order valence-corrected chi connectivity index (χ1v) is 6.45. The largest absolute Gasteiger partial charge is 0.496 e. The highest BCUT2D eigenvalue weighted by Crippen LogP contribution is 2.31. The zero-order valence-electron chi connectivity index (χ0n) is 11.1. The van der Waals surface area contributed by atoms with Gasteiger partial charge in [0.1, 0.15) is 11.6 Å². The summed E-state index contributed by atoms with van der Waals surface area (Å²) in [6.07, 6.45) is 0. The van der Waals surface area contributed by atoms with Crippen LogP contribution in [0.5, 0.6) is 5.75 Å². The SMILES string of the molecule is COc1cccc(F)c1C(C)Nc1cccc(Cl)c1F. The van der Waals surface area contributed by atoms with E-state index in [1.807, 2.05) is 0 Å². The second-order valence-electron chi connectivity index (χ2n) is 4.32. The molecule has 1 N–H and O–H groups in total. The van der Waals surface area contributed by atoms with E-state index in [-0.39, 0.29) is 10.7 Å². The Balaban J connectivity index is 2.33. The van der Waals surface area contributed by atoms with Gasteiger partial charge in [-0.15, -0.1) is 0 Å². The molecular weight excluding hydrogens is 284 g/mol. The van der Waals surface area contributed by atoms with Crippen molar-refractivity contribution in [3.05, 3.63) is 58.6 Å². The topological polar surface area (TPSA) is 21.3 Å². The Labute approximate surface area is 121 Å². The fourth-order valence-corrected chi connectivity index (χ4v) is 2.21. The maximum absolute atomic E-state index is 13.9. The molecule has 0 aliphatic rings. The number of anilines is 1. The molecule has 0 amide bonds. The molecule has 0 aromatic heterocycles. The third-order valence-electron chi connectivity index (χ3n) is 2.99. The minimum atomic E-state index is -0.559. The summed E-state index contributed by atoms with van der Waals surface area (Å²) in [4.78, 5) is 0. The summed E-state index contributed by atoms with van der Waals surface area (Å²) in [5.41, 5.74) is 0.560. The second kappa shape index (κ2) is 6.09. The lowest BCUT2D eigenvalue weighted by atomic mass is 10.1. The minimum absolute atomic E-state index is 0.0164. The maximum Gasteiger partial charge on any atom is 0.164 e. The van der Waals surface area contributed by atoms with E-state index in [1.165, 1.54) is 19.2 Å². The summed E-state index contributed by atoms with van der Waals surface area (Å²) in [5, 5.41) is 2.92. The molecule has 0 aliphatic carbocycles. The van der Waals surface area contributed by atoms with Gasteiger partial charge in [-0.25, -0.2) is 8.78 Å². The van der Waals surface area contributed by atoms with Gasteiger partial charge >= 0.3 is 0 Å². The Kier molecular flexibility index (Phi) is 4.45. The Hall–Kier alpha value is -1.81. The van der Waals surface area contributed by atoms with E-state index in [0.29, 0.717) is 11.3 Å². The maximum atomic E-state index is 13.9. The van der Waals surface area contributed by atoms with E-state index in [4.69, 9.17) is 16.3 Å². The molecule has 20 heavy (non-hydrogen) atoms. The number of benzene rings is 2. The number of rotatable bonds is 4. The third-order valence-corrected chi connectivity index (χ3v) is 3.28. The number of methoxy groups -OCH3 is 1. The molecule has 0 radical (unpaired) electrons. The highest BCUT2D eigenvalue weighted by Gasteiger charge is 2.18.